The van der Waals surface area contributed by atoms with Crippen LogP contribution in [0.15, 0.2) is 12.4 Å². The second-order valence-electron chi connectivity index (χ2n) is 5.32. The third-order valence-corrected chi connectivity index (χ3v) is 3.67. The molecule has 0 fully saturated rings. The van der Waals surface area contributed by atoms with Crippen molar-refractivity contribution in [3.63, 3.8) is 0 Å². The minimum Gasteiger partial charge on any atom is -0.381 e. The summed E-state index contributed by atoms with van der Waals surface area (Å²) < 4.78 is 9.58. The minimum absolute atomic E-state index is 0.0743. The van der Waals surface area contributed by atoms with Gasteiger partial charge >= 0.3 is 0 Å². The topological polar surface area (TPSA) is 69.8 Å². The highest BCUT2D eigenvalue weighted by Crippen LogP contribution is 2.23. The largest absolute Gasteiger partial charge is 0.381 e. The molecule has 0 saturated heterocycles. The van der Waals surface area contributed by atoms with E-state index in [0.717, 1.165) is 49.8 Å². The summed E-state index contributed by atoms with van der Waals surface area (Å²) >= 11 is 0. The molecule has 1 aliphatic rings. The Morgan fingerprint density at radius 2 is 2.29 bits per heavy atom. The van der Waals surface area contributed by atoms with E-state index in [9.17, 15) is 0 Å². The first kappa shape index (κ1) is 14.2. The highest BCUT2D eigenvalue weighted by Gasteiger charge is 2.26. The number of rotatable bonds is 6. The van der Waals surface area contributed by atoms with Crippen LogP contribution < -0.4 is 5.32 Å². The van der Waals surface area contributed by atoms with Gasteiger partial charge in [0.25, 0.3) is 0 Å². The number of aromatic nitrogens is 5. The van der Waals surface area contributed by atoms with E-state index in [1.165, 1.54) is 0 Å². The third kappa shape index (κ3) is 2.98. The molecule has 0 aromatic carbocycles. The molecule has 3 heterocycles. The van der Waals surface area contributed by atoms with Crippen LogP contribution in [-0.2, 0) is 24.8 Å². The number of hydrogen-bond donors (Lipinski definition) is 1. The summed E-state index contributed by atoms with van der Waals surface area (Å²) in [5, 5.41) is 16.5. The zero-order chi connectivity index (χ0) is 14.7. The van der Waals surface area contributed by atoms with Crippen molar-refractivity contribution in [1.29, 1.82) is 0 Å². The van der Waals surface area contributed by atoms with Gasteiger partial charge in [0.05, 0.1) is 18.8 Å². The van der Waals surface area contributed by atoms with Crippen molar-refractivity contribution in [2.75, 3.05) is 19.8 Å². The number of nitrogens with zero attached hydrogens (tertiary/aromatic N) is 5. The SMILES string of the molecule is CCCOCCc1nnc2n1CCNC2c1cnn(C)c1. The van der Waals surface area contributed by atoms with Crippen molar-refractivity contribution in [3.05, 3.63) is 29.6 Å². The van der Waals surface area contributed by atoms with E-state index in [1.807, 2.05) is 24.1 Å². The first-order valence-electron chi connectivity index (χ1n) is 7.51. The molecular formula is C14H22N6O. The smallest absolute Gasteiger partial charge is 0.154 e. The van der Waals surface area contributed by atoms with Gasteiger partial charge in [-0.1, -0.05) is 6.92 Å². The Bertz CT molecular complexity index is 590. The Labute approximate surface area is 124 Å². The van der Waals surface area contributed by atoms with Crippen LogP contribution in [0.1, 0.15) is 36.6 Å². The Balaban J connectivity index is 1.75. The molecule has 2 aromatic heterocycles. The quantitative estimate of drug-likeness (QED) is 0.792. The molecule has 1 N–H and O–H groups in total. The Kier molecular flexibility index (Phi) is 4.31. The van der Waals surface area contributed by atoms with Gasteiger partial charge < -0.3 is 14.6 Å². The standard InChI is InChI=1S/C14H22N6O/c1-3-7-21-8-4-12-17-18-14-13(15-5-6-20(12)14)11-9-16-19(2)10-11/h9-10,13,15H,3-8H2,1-2H3. The molecule has 7 heteroatoms. The molecule has 3 rings (SSSR count). The second kappa shape index (κ2) is 6.36. The van der Waals surface area contributed by atoms with Gasteiger partial charge in [-0.15, -0.1) is 10.2 Å². The molecule has 0 bridgehead atoms. The molecular weight excluding hydrogens is 268 g/mol. The monoisotopic (exact) mass is 290 g/mol. The van der Waals surface area contributed by atoms with Crippen LogP contribution in [0.5, 0.6) is 0 Å². The van der Waals surface area contributed by atoms with Gasteiger partial charge in [-0.05, 0) is 6.42 Å². The fraction of sp³-hybridized carbons (Fsp3) is 0.643. The van der Waals surface area contributed by atoms with E-state index < -0.39 is 0 Å². The van der Waals surface area contributed by atoms with Crippen LogP contribution in [0.3, 0.4) is 0 Å². The van der Waals surface area contributed by atoms with Gasteiger partial charge in [0, 0.05) is 44.9 Å². The van der Waals surface area contributed by atoms with Crippen molar-refractivity contribution in [2.24, 2.45) is 7.05 Å². The molecule has 7 nitrogen and oxygen atoms in total. The van der Waals surface area contributed by atoms with Crippen molar-refractivity contribution in [1.82, 2.24) is 29.9 Å². The molecule has 1 unspecified atom stereocenters. The number of nitrogens with one attached hydrogen (secondary N) is 1. The highest BCUT2D eigenvalue weighted by atomic mass is 16.5. The summed E-state index contributed by atoms with van der Waals surface area (Å²) in [7, 11) is 1.92. The molecule has 2 aromatic rings. The molecule has 1 aliphatic heterocycles. The Morgan fingerprint density at radius 3 is 3.05 bits per heavy atom. The summed E-state index contributed by atoms with van der Waals surface area (Å²) in [5.74, 6) is 1.98. The number of aryl methyl sites for hydroxylation is 1. The summed E-state index contributed by atoms with van der Waals surface area (Å²) in [6.45, 7) is 5.44. The van der Waals surface area contributed by atoms with Gasteiger partial charge in [0.15, 0.2) is 5.82 Å². The van der Waals surface area contributed by atoms with Crippen LogP contribution in [-0.4, -0.2) is 44.3 Å². The molecule has 0 spiro atoms. The number of fused-ring (bicyclic) bond motifs is 1. The van der Waals surface area contributed by atoms with E-state index in [2.05, 4.69) is 32.1 Å². The minimum atomic E-state index is 0.0743. The van der Waals surface area contributed by atoms with Gasteiger partial charge in [-0.3, -0.25) is 4.68 Å². The van der Waals surface area contributed by atoms with E-state index in [0.29, 0.717) is 6.61 Å². The maximum atomic E-state index is 5.55. The molecule has 0 aliphatic carbocycles. The zero-order valence-electron chi connectivity index (χ0n) is 12.6. The van der Waals surface area contributed by atoms with Crippen LogP contribution in [0.25, 0.3) is 0 Å². The van der Waals surface area contributed by atoms with Crippen molar-refractivity contribution < 1.29 is 4.74 Å². The maximum absolute atomic E-state index is 5.55. The van der Waals surface area contributed by atoms with E-state index in [-0.39, 0.29) is 6.04 Å². The summed E-state index contributed by atoms with van der Waals surface area (Å²) in [6, 6.07) is 0.0743. The highest BCUT2D eigenvalue weighted by molar-refractivity contribution is 5.21. The molecule has 1 atom stereocenters. The molecule has 0 amide bonds. The zero-order valence-corrected chi connectivity index (χ0v) is 12.6. The molecule has 114 valence electrons. The van der Waals surface area contributed by atoms with Crippen LogP contribution >= 0.6 is 0 Å². The maximum Gasteiger partial charge on any atom is 0.154 e. The predicted molar refractivity (Wildman–Crippen MR) is 77.9 cm³/mol. The summed E-state index contributed by atoms with van der Waals surface area (Å²) in [5.41, 5.74) is 1.12. The average molecular weight is 290 g/mol. The first-order valence-corrected chi connectivity index (χ1v) is 7.51. The van der Waals surface area contributed by atoms with E-state index in [4.69, 9.17) is 4.74 Å². The van der Waals surface area contributed by atoms with Gasteiger partial charge in [-0.2, -0.15) is 5.10 Å². The molecule has 0 radical (unpaired) electrons. The Morgan fingerprint density at radius 1 is 1.38 bits per heavy atom. The fourth-order valence-electron chi connectivity index (χ4n) is 2.67. The van der Waals surface area contributed by atoms with Crippen LogP contribution in [0.4, 0.5) is 0 Å². The number of ether oxygens (including phenoxy) is 1. The fourth-order valence-corrected chi connectivity index (χ4v) is 2.67. The van der Waals surface area contributed by atoms with Crippen molar-refractivity contribution in [3.8, 4) is 0 Å². The lowest BCUT2D eigenvalue weighted by Gasteiger charge is -2.24. The third-order valence-electron chi connectivity index (χ3n) is 3.67. The van der Waals surface area contributed by atoms with Gasteiger partial charge in [0.2, 0.25) is 0 Å². The predicted octanol–water partition coefficient (Wildman–Crippen LogP) is 0.673. The lowest BCUT2D eigenvalue weighted by molar-refractivity contribution is 0.136. The number of hydrogen-bond acceptors (Lipinski definition) is 5. The van der Waals surface area contributed by atoms with E-state index >= 15 is 0 Å². The molecule has 21 heavy (non-hydrogen) atoms. The lowest BCUT2D eigenvalue weighted by Crippen LogP contribution is -2.34. The van der Waals surface area contributed by atoms with Crippen LogP contribution in [0.2, 0.25) is 0 Å². The summed E-state index contributed by atoms with van der Waals surface area (Å²) in [6.07, 6.45) is 5.76. The van der Waals surface area contributed by atoms with Gasteiger partial charge in [0.1, 0.15) is 5.82 Å². The van der Waals surface area contributed by atoms with Crippen molar-refractivity contribution in [2.45, 2.75) is 32.4 Å². The average Bonchev–Trinajstić information content (AvgIpc) is 3.10. The Hall–Kier alpha value is -1.73. The lowest BCUT2D eigenvalue weighted by atomic mass is 10.1. The second-order valence-corrected chi connectivity index (χ2v) is 5.32. The molecule has 0 saturated carbocycles. The van der Waals surface area contributed by atoms with Gasteiger partial charge in [-0.25, -0.2) is 0 Å². The summed E-state index contributed by atoms with van der Waals surface area (Å²) in [4.78, 5) is 0. The normalized spacial score (nSPS) is 17.9. The van der Waals surface area contributed by atoms with Crippen molar-refractivity contribution >= 4 is 0 Å². The van der Waals surface area contributed by atoms with Crippen LogP contribution in [0, 0.1) is 0 Å². The van der Waals surface area contributed by atoms with E-state index in [1.54, 1.807) is 0 Å². The first-order chi connectivity index (χ1) is 10.3.